The van der Waals surface area contributed by atoms with Gasteiger partial charge in [0.1, 0.15) is 6.33 Å². The number of aromatic amines is 1. The molecule has 2 aliphatic rings. The quantitative estimate of drug-likeness (QED) is 0.833. The van der Waals surface area contributed by atoms with Gasteiger partial charge in [-0.3, -0.25) is 9.89 Å². The molecule has 0 unspecified atom stereocenters. The Bertz CT molecular complexity index is 710. The molecule has 2 fully saturated rings. The summed E-state index contributed by atoms with van der Waals surface area (Å²) in [6.45, 7) is 2.78. The summed E-state index contributed by atoms with van der Waals surface area (Å²) in [5.41, 5.74) is 0.964. The van der Waals surface area contributed by atoms with Gasteiger partial charge in [-0.25, -0.2) is 9.97 Å². The second-order valence-corrected chi connectivity index (χ2v) is 7.40. The molecule has 8 heteroatoms. The fourth-order valence-electron chi connectivity index (χ4n) is 3.86. The average molecular weight is 347 g/mol. The molecule has 24 heavy (non-hydrogen) atoms. The first-order valence-electron chi connectivity index (χ1n) is 8.42. The molecule has 2 N–H and O–H groups in total. The van der Waals surface area contributed by atoms with Gasteiger partial charge in [-0.15, -0.1) is 11.3 Å². The number of carbonyl (C=O) groups is 1. The molecule has 2 atom stereocenters. The van der Waals surface area contributed by atoms with Gasteiger partial charge in [0.2, 0.25) is 5.91 Å². The zero-order valence-electron chi connectivity index (χ0n) is 13.6. The molecule has 128 valence electrons. The number of nitrogens with one attached hydrogen (secondary N) is 2. The van der Waals surface area contributed by atoms with Crippen molar-refractivity contribution in [2.24, 2.45) is 5.41 Å². The maximum atomic E-state index is 12.4. The average Bonchev–Trinajstić information content (AvgIpc) is 3.14. The van der Waals surface area contributed by atoms with Crippen LogP contribution in [0.3, 0.4) is 0 Å². The normalized spacial score (nSPS) is 24.4. The standard InChI is InChI=1S/C16H21N5O2S/c1-2-23-12-7-11(16(12)4-3-5-16)20-13(22)6-10-8-24-15(19-10)14-17-9-18-21-14/h8-9,11-12H,2-7H2,1H3,(H,20,22)(H,17,18,21)/t11-,12+/m0/s1. The van der Waals surface area contributed by atoms with Crippen LogP contribution >= 0.6 is 11.3 Å². The minimum atomic E-state index is 0.0376. The maximum Gasteiger partial charge on any atom is 0.226 e. The van der Waals surface area contributed by atoms with E-state index in [2.05, 4.69) is 25.5 Å². The van der Waals surface area contributed by atoms with Crippen LogP contribution in [-0.2, 0) is 16.0 Å². The molecule has 0 aliphatic heterocycles. The summed E-state index contributed by atoms with van der Waals surface area (Å²) in [6, 6.07) is 0.252. The van der Waals surface area contributed by atoms with Crippen LogP contribution in [0.4, 0.5) is 0 Å². The second-order valence-electron chi connectivity index (χ2n) is 6.54. The third-order valence-corrected chi connectivity index (χ3v) is 6.18. The summed E-state index contributed by atoms with van der Waals surface area (Å²) in [4.78, 5) is 20.9. The van der Waals surface area contributed by atoms with E-state index in [1.165, 1.54) is 24.1 Å². The number of thiazole rings is 1. The Morgan fingerprint density at radius 3 is 3.08 bits per heavy atom. The molecule has 0 bridgehead atoms. The Morgan fingerprint density at radius 2 is 2.42 bits per heavy atom. The fraction of sp³-hybridized carbons (Fsp3) is 0.625. The summed E-state index contributed by atoms with van der Waals surface area (Å²) in [5.74, 6) is 0.675. The molecule has 1 spiro atoms. The van der Waals surface area contributed by atoms with Crippen molar-refractivity contribution in [2.45, 2.75) is 51.2 Å². The topological polar surface area (TPSA) is 92.8 Å². The molecule has 2 aromatic heterocycles. The van der Waals surface area contributed by atoms with Crippen LogP contribution < -0.4 is 5.32 Å². The van der Waals surface area contributed by atoms with E-state index >= 15 is 0 Å². The Kier molecular flexibility index (Phi) is 4.09. The summed E-state index contributed by atoms with van der Waals surface area (Å²) >= 11 is 1.47. The van der Waals surface area contributed by atoms with E-state index in [0.717, 1.165) is 36.6 Å². The first-order valence-corrected chi connectivity index (χ1v) is 9.30. The van der Waals surface area contributed by atoms with Crippen molar-refractivity contribution in [1.29, 1.82) is 0 Å². The van der Waals surface area contributed by atoms with Gasteiger partial charge in [-0.1, -0.05) is 6.42 Å². The van der Waals surface area contributed by atoms with Gasteiger partial charge in [-0.05, 0) is 26.2 Å². The van der Waals surface area contributed by atoms with Gasteiger partial charge in [0.05, 0.1) is 18.2 Å². The zero-order valence-corrected chi connectivity index (χ0v) is 14.4. The maximum absolute atomic E-state index is 12.4. The molecular weight excluding hydrogens is 326 g/mol. The van der Waals surface area contributed by atoms with Crippen molar-refractivity contribution in [2.75, 3.05) is 6.61 Å². The molecule has 4 rings (SSSR count). The van der Waals surface area contributed by atoms with Crippen molar-refractivity contribution in [3.63, 3.8) is 0 Å². The van der Waals surface area contributed by atoms with Crippen molar-refractivity contribution in [3.05, 3.63) is 17.4 Å². The highest BCUT2D eigenvalue weighted by Gasteiger charge is 2.59. The molecule has 2 aromatic rings. The SMILES string of the molecule is CCO[C@@H]1C[C@H](NC(=O)Cc2csc(-c3ncn[nH]3)n2)C12CCC2. The Hall–Kier alpha value is -1.80. The second kappa shape index (κ2) is 6.25. The van der Waals surface area contributed by atoms with Crippen LogP contribution in [0.2, 0.25) is 0 Å². The lowest BCUT2D eigenvalue weighted by atomic mass is 9.51. The van der Waals surface area contributed by atoms with Crippen LogP contribution in [0, 0.1) is 5.41 Å². The molecule has 0 radical (unpaired) electrons. The summed E-state index contributed by atoms with van der Waals surface area (Å²) in [5, 5.41) is 12.5. The Balaban J connectivity index is 1.34. The van der Waals surface area contributed by atoms with E-state index in [1.54, 1.807) is 0 Å². The monoisotopic (exact) mass is 347 g/mol. The van der Waals surface area contributed by atoms with Crippen LogP contribution in [0.1, 0.15) is 38.3 Å². The lowest BCUT2D eigenvalue weighted by Crippen LogP contribution is -2.67. The van der Waals surface area contributed by atoms with Crippen LogP contribution in [-0.4, -0.2) is 44.8 Å². The first-order chi connectivity index (χ1) is 11.7. The fourth-order valence-corrected chi connectivity index (χ4v) is 4.62. The predicted molar refractivity (Wildman–Crippen MR) is 89.4 cm³/mol. The highest BCUT2D eigenvalue weighted by atomic mass is 32.1. The van der Waals surface area contributed by atoms with Crippen molar-refractivity contribution >= 4 is 17.2 Å². The van der Waals surface area contributed by atoms with Crippen molar-refractivity contribution in [3.8, 4) is 10.8 Å². The number of amides is 1. The molecule has 2 aliphatic carbocycles. The third-order valence-electron chi connectivity index (χ3n) is 5.28. The predicted octanol–water partition coefficient (Wildman–Crippen LogP) is 1.93. The van der Waals surface area contributed by atoms with Gasteiger partial charge in [-0.2, -0.15) is 5.10 Å². The smallest absolute Gasteiger partial charge is 0.226 e. The Morgan fingerprint density at radius 1 is 1.54 bits per heavy atom. The van der Waals surface area contributed by atoms with Gasteiger partial charge in [0.25, 0.3) is 0 Å². The highest BCUT2D eigenvalue weighted by molar-refractivity contribution is 7.13. The Labute approximate surface area is 144 Å². The molecule has 0 saturated heterocycles. The van der Waals surface area contributed by atoms with Gasteiger partial charge < -0.3 is 10.1 Å². The number of rotatable bonds is 6. The lowest BCUT2D eigenvalue weighted by molar-refractivity contribution is -0.175. The summed E-state index contributed by atoms with van der Waals surface area (Å²) < 4.78 is 5.83. The van der Waals surface area contributed by atoms with E-state index in [4.69, 9.17) is 4.74 Å². The molecule has 1 amide bonds. The van der Waals surface area contributed by atoms with E-state index in [0.29, 0.717) is 18.3 Å². The van der Waals surface area contributed by atoms with Gasteiger partial charge in [0.15, 0.2) is 10.8 Å². The van der Waals surface area contributed by atoms with Crippen molar-refractivity contribution < 1.29 is 9.53 Å². The summed E-state index contributed by atoms with van der Waals surface area (Å²) in [7, 11) is 0. The molecule has 2 saturated carbocycles. The first kappa shape index (κ1) is 15.7. The molecule has 7 nitrogen and oxygen atoms in total. The van der Waals surface area contributed by atoms with Crippen LogP contribution in [0.5, 0.6) is 0 Å². The summed E-state index contributed by atoms with van der Waals surface area (Å²) in [6.07, 6.45) is 6.56. The number of aromatic nitrogens is 4. The third kappa shape index (κ3) is 2.63. The number of nitrogens with zero attached hydrogens (tertiary/aromatic N) is 3. The molecule has 0 aromatic carbocycles. The van der Waals surface area contributed by atoms with Crippen molar-refractivity contribution in [1.82, 2.24) is 25.5 Å². The van der Waals surface area contributed by atoms with Gasteiger partial charge >= 0.3 is 0 Å². The largest absolute Gasteiger partial charge is 0.378 e. The van der Waals surface area contributed by atoms with Gasteiger partial charge in [0, 0.05) is 23.4 Å². The molecule has 2 heterocycles. The minimum absolute atomic E-state index is 0.0376. The van der Waals surface area contributed by atoms with E-state index in [-0.39, 0.29) is 17.4 Å². The number of H-pyrrole nitrogens is 1. The van der Waals surface area contributed by atoms with E-state index in [1.807, 2.05) is 12.3 Å². The lowest BCUT2D eigenvalue weighted by Gasteiger charge is -2.61. The van der Waals surface area contributed by atoms with E-state index in [9.17, 15) is 4.79 Å². The van der Waals surface area contributed by atoms with Crippen LogP contribution in [0.25, 0.3) is 10.8 Å². The number of carbonyl (C=O) groups excluding carboxylic acids is 1. The van der Waals surface area contributed by atoms with Crippen LogP contribution in [0.15, 0.2) is 11.7 Å². The number of hydrogen-bond acceptors (Lipinski definition) is 6. The molecular formula is C16H21N5O2S. The zero-order chi connectivity index (χ0) is 16.6. The number of ether oxygens (including phenoxy) is 1. The minimum Gasteiger partial charge on any atom is -0.378 e. The highest BCUT2D eigenvalue weighted by Crippen LogP contribution is 2.57. The van der Waals surface area contributed by atoms with E-state index < -0.39 is 0 Å². The number of hydrogen-bond donors (Lipinski definition) is 2.